The Morgan fingerprint density at radius 1 is 1.20 bits per heavy atom. The topological polar surface area (TPSA) is 73.1 Å². The molecule has 5 heteroatoms. The highest BCUT2D eigenvalue weighted by Gasteiger charge is 2.06. The Bertz CT molecular complexity index is 648. The van der Waals surface area contributed by atoms with Gasteiger partial charge in [-0.3, -0.25) is 4.79 Å². The highest BCUT2D eigenvalue weighted by Crippen LogP contribution is 2.27. The van der Waals surface area contributed by atoms with Crippen molar-refractivity contribution in [1.82, 2.24) is 0 Å². The number of amides is 1. The second-order valence-electron chi connectivity index (χ2n) is 3.99. The number of phenolic OH excluding ortho intramolecular Hbond substituents is 1. The summed E-state index contributed by atoms with van der Waals surface area (Å²) in [5.74, 6) is 0.212. The number of carbonyl (C=O) groups excluding carboxylic acids is 1. The first kappa shape index (κ1) is 14.0. The fraction of sp³-hybridized carbons (Fsp3) is 0.0667. The van der Waals surface area contributed by atoms with Crippen LogP contribution in [-0.4, -0.2) is 16.8 Å². The number of anilines is 1. The Morgan fingerprint density at radius 2 is 1.90 bits per heavy atom. The third kappa shape index (κ3) is 3.77. The molecule has 20 heavy (non-hydrogen) atoms. The van der Waals surface area contributed by atoms with E-state index in [1.807, 2.05) is 6.07 Å². The monoisotopic (exact) mass is 284 g/mol. The van der Waals surface area contributed by atoms with Gasteiger partial charge in [0.2, 0.25) is 5.91 Å². The summed E-state index contributed by atoms with van der Waals surface area (Å²) in [7, 11) is 0. The Hall–Kier alpha value is -2.45. The van der Waals surface area contributed by atoms with E-state index in [2.05, 4.69) is 5.32 Å². The fourth-order valence-corrected chi connectivity index (χ4v) is 2.30. The van der Waals surface area contributed by atoms with Gasteiger partial charge in [0.25, 0.3) is 0 Å². The van der Waals surface area contributed by atoms with Gasteiger partial charge in [0.15, 0.2) is 0 Å². The lowest BCUT2D eigenvalue weighted by Gasteiger charge is -2.06. The van der Waals surface area contributed by atoms with Gasteiger partial charge in [-0.15, -0.1) is 11.8 Å². The predicted molar refractivity (Wildman–Crippen MR) is 78.6 cm³/mol. The zero-order chi connectivity index (χ0) is 14.4. The molecular formula is C15H12N2O2S. The first-order chi connectivity index (χ1) is 9.69. The second kappa shape index (κ2) is 6.64. The SMILES string of the molecule is N#Cc1ccc(NC(=O)CSc2ccccc2O)cc1. The minimum atomic E-state index is -0.164. The lowest BCUT2D eigenvalue weighted by Crippen LogP contribution is -2.13. The molecular weight excluding hydrogens is 272 g/mol. The highest BCUT2D eigenvalue weighted by molar-refractivity contribution is 8.00. The fourth-order valence-electron chi connectivity index (χ4n) is 1.55. The predicted octanol–water partition coefficient (Wildman–Crippen LogP) is 2.99. The molecule has 4 nitrogen and oxygen atoms in total. The number of nitrogens with zero attached hydrogens (tertiary/aromatic N) is 1. The van der Waals surface area contributed by atoms with Crippen molar-refractivity contribution in [3.8, 4) is 11.8 Å². The van der Waals surface area contributed by atoms with Crippen molar-refractivity contribution in [2.45, 2.75) is 4.90 Å². The summed E-state index contributed by atoms with van der Waals surface area (Å²) in [5, 5.41) is 21.0. The quantitative estimate of drug-likeness (QED) is 0.846. The smallest absolute Gasteiger partial charge is 0.234 e. The number of thioether (sulfide) groups is 1. The molecule has 0 saturated carbocycles. The van der Waals surface area contributed by atoms with Crippen LogP contribution < -0.4 is 5.32 Å². The van der Waals surface area contributed by atoms with Gasteiger partial charge in [0.05, 0.1) is 17.4 Å². The molecule has 0 bridgehead atoms. The summed E-state index contributed by atoms with van der Waals surface area (Å²) in [4.78, 5) is 12.4. The van der Waals surface area contributed by atoms with Crippen LogP contribution in [-0.2, 0) is 4.79 Å². The molecule has 2 N–H and O–H groups in total. The van der Waals surface area contributed by atoms with E-state index in [1.165, 1.54) is 11.8 Å². The molecule has 0 fully saturated rings. The highest BCUT2D eigenvalue weighted by atomic mass is 32.2. The average molecular weight is 284 g/mol. The van der Waals surface area contributed by atoms with Crippen molar-refractivity contribution in [2.75, 3.05) is 11.1 Å². The molecule has 0 radical (unpaired) electrons. The van der Waals surface area contributed by atoms with E-state index < -0.39 is 0 Å². The summed E-state index contributed by atoms with van der Waals surface area (Å²) in [6, 6.07) is 15.5. The van der Waals surface area contributed by atoms with Crippen LogP contribution in [0.1, 0.15) is 5.56 Å². The van der Waals surface area contributed by atoms with Gasteiger partial charge in [-0.25, -0.2) is 0 Å². The van der Waals surface area contributed by atoms with Crippen LogP contribution in [0.3, 0.4) is 0 Å². The number of benzene rings is 2. The number of nitriles is 1. The van der Waals surface area contributed by atoms with Crippen LogP contribution in [0, 0.1) is 11.3 Å². The number of carbonyl (C=O) groups is 1. The molecule has 1 amide bonds. The van der Waals surface area contributed by atoms with Gasteiger partial charge in [-0.2, -0.15) is 5.26 Å². The third-order valence-electron chi connectivity index (χ3n) is 2.52. The summed E-state index contributed by atoms with van der Waals surface area (Å²) < 4.78 is 0. The first-order valence-corrected chi connectivity index (χ1v) is 6.88. The average Bonchev–Trinajstić information content (AvgIpc) is 2.47. The van der Waals surface area contributed by atoms with Crippen molar-refractivity contribution in [2.24, 2.45) is 0 Å². The van der Waals surface area contributed by atoms with Crippen LogP contribution in [0.5, 0.6) is 5.75 Å². The zero-order valence-electron chi connectivity index (χ0n) is 10.5. The molecule has 0 spiro atoms. The minimum Gasteiger partial charge on any atom is -0.507 e. The van der Waals surface area contributed by atoms with E-state index in [0.717, 1.165) is 0 Å². The maximum atomic E-state index is 11.8. The molecule has 0 aliphatic heterocycles. The lowest BCUT2D eigenvalue weighted by atomic mass is 10.2. The van der Waals surface area contributed by atoms with Crippen LogP contribution >= 0.6 is 11.8 Å². The maximum absolute atomic E-state index is 11.8. The van der Waals surface area contributed by atoms with Crippen LogP contribution in [0.15, 0.2) is 53.4 Å². The van der Waals surface area contributed by atoms with E-state index in [4.69, 9.17) is 5.26 Å². The van der Waals surface area contributed by atoms with E-state index >= 15 is 0 Å². The molecule has 0 aliphatic carbocycles. The molecule has 2 aromatic rings. The molecule has 0 atom stereocenters. The van der Waals surface area contributed by atoms with Crippen LogP contribution in [0.4, 0.5) is 5.69 Å². The number of para-hydroxylation sites is 1. The maximum Gasteiger partial charge on any atom is 0.234 e. The van der Waals surface area contributed by atoms with Crippen molar-refractivity contribution < 1.29 is 9.90 Å². The third-order valence-corrected chi connectivity index (χ3v) is 3.58. The molecule has 0 heterocycles. The minimum absolute atomic E-state index is 0.164. The van der Waals surface area contributed by atoms with Gasteiger partial charge >= 0.3 is 0 Å². The molecule has 100 valence electrons. The first-order valence-electron chi connectivity index (χ1n) is 5.90. The number of hydrogen-bond acceptors (Lipinski definition) is 4. The molecule has 0 aliphatic rings. The Morgan fingerprint density at radius 3 is 2.55 bits per heavy atom. The lowest BCUT2D eigenvalue weighted by molar-refractivity contribution is -0.113. The van der Waals surface area contributed by atoms with Crippen molar-refractivity contribution in [1.29, 1.82) is 5.26 Å². The molecule has 2 aromatic carbocycles. The van der Waals surface area contributed by atoms with Gasteiger partial charge in [0, 0.05) is 10.6 Å². The van der Waals surface area contributed by atoms with Crippen molar-refractivity contribution >= 4 is 23.4 Å². The Balaban J connectivity index is 1.89. The van der Waals surface area contributed by atoms with E-state index in [-0.39, 0.29) is 17.4 Å². The standard InChI is InChI=1S/C15H12N2O2S/c16-9-11-5-7-12(8-6-11)17-15(19)10-20-14-4-2-1-3-13(14)18/h1-8,18H,10H2,(H,17,19). The molecule has 2 rings (SSSR count). The number of aromatic hydroxyl groups is 1. The number of nitrogens with one attached hydrogen (secondary N) is 1. The van der Waals surface area contributed by atoms with E-state index in [0.29, 0.717) is 16.1 Å². The molecule has 0 aromatic heterocycles. The number of hydrogen-bond donors (Lipinski definition) is 2. The number of rotatable bonds is 4. The Kier molecular flexibility index (Phi) is 4.64. The largest absolute Gasteiger partial charge is 0.507 e. The summed E-state index contributed by atoms with van der Waals surface area (Å²) >= 11 is 1.27. The van der Waals surface area contributed by atoms with Crippen LogP contribution in [0.25, 0.3) is 0 Å². The van der Waals surface area contributed by atoms with E-state index in [9.17, 15) is 9.90 Å². The van der Waals surface area contributed by atoms with Crippen LogP contribution in [0.2, 0.25) is 0 Å². The molecule has 0 saturated heterocycles. The normalized spacial score (nSPS) is 9.75. The van der Waals surface area contributed by atoms with Gasteiger partial charge in [-0.05, 0) is 36.4 Å². The number of phenols is 1. The van der Waals surface area contributed by atoms with Gasteiger partial charge in [0.1, 0.15) is 5.75 Å². The molecule has 0 unspecified atom stereocenters. The van der Waals surface area contributed by atoms with Crippen molar-refractivity contribution in [3.63, 3.8) is 0 Å². The second-order valence-corrected chi connectivity index (χ2v) is 5.01. The van der Waals surface area contributed by atoms with Gasteiger partial charge in [-0.1, -0.05) is 12.1 Å². The summed E-state index contributed by atoms with van der Waals surface area (Å²) in [6.45, 7) is 0. The summed E-state index contributed by atoms with van der Waals surface area (Å²) in [5.41, 5.74) is 1.19. The van der Waals surface area contributed by atoms with Crippen molar-refractivity contribution in [3.05, 3.63) is 54.1 Å². The zero-order valence-corrected chi connectivity index (χ0v) is 11.4. The Labute approximate surface area is 121 Å². The summed E-state index contributed by atoms with van der Waals surface area (Å²) in [6.07, 6.45) is 0. The van der Waals surface area contributed by atoms with E-state index in [1.54, 1.807) is 48.5 Å². The van der Waals surface area contributed by atoms with Gasteiger partial charge < -0.3 is 10.4 Å².